The molecule has 15 heavy (non-hydrogen) atoms. The molecule has 2 nitrogen and oxygen atoms in total. The van der Waals surface area contributed by atoms with Crippen molar-refractivity contribution in [2.75, 3.05) is 27.2 Å². The third-order valence-electron chi connectivity index (χ3n) is 2.81. The van der Waals surface area contributed by atoms with Crippen LogP contribution in [0.3, 0.4) is 0 Å². The minimum absolute atomic E-state index is 0.377. The number of nitrogens with zero attached hydrogens (tertiary/aromatic N) is 1. The number of rotatable bonds is 2. The molecule has 0 aromatic heterocycles. The molecule has 0 aromatic rings. The topological polar surface area (TPSA) is 9.23 Å². The first-order valence-corrected chi connectivity index (χ1v) is 4.93. The largest absolute Gasteiger partial charge is 0.673 e. The highest BCUT2D eigenvalue weighted by atomic mass is 19.5. The van der Waals surface area contributed by atoms with Crippen molar-refractivity contribution in [3.63, 3.8) is 0 Å². The van der Waals surface area contributed by atoms with Crippen LogP contribution in [0, 0.1) is 0 Å². The molecular formula is C8H18BF4NO. The van der Waals surface area contributed by atoms with E-state index in [0.29, 0.717) is 6.23 Å². The van der Waals surface area contributed by atoms with Crippen LogP contribution in [0.4, 0.5) is 17.3 Å². The van der Waals surface area contributed by atoms with E-state index in [-0.39, 0.29) is 0 Å². The van der Waals surface area contributed by atoms with Crippen molar-refractivity contribution in [2.45, 2.75) is 26.0 Å². The van der Waals surface area contributed by atoms with Crippen molar-refractivity contribution in [2.24, 2.45) is 0 Å². The zero-order chi connectivity index (χ0) is 12.1. The summed E-state index contributed by atoms with van der Waals surface area (Å²) in [6.07, 6.45) is 3.11. The summed E-state index contributed by atoms with van der Waals surface area (Å²) < 4.78 is 45.4. The van der Waals surface area contributed by atoms with Gasteiger partial charge in [0, 0.05) is 26.9 Å². The summed E-state index contributed by atoms with van der Waals surface area (Å²) in [4.78, 5) is 0. The lowest BCUT2D eigenvalue weighted by atomic mass is 10.3. The zero-order valence-corrected chi connectivity index (χ0v) is 9.35. The van der Waals surface area contributed by atoms with Crippen LogP contribution in [-0.2, 0) is 4.74 Å². The highest BCUT2D eigenvalue weighted by Crippen LogP contribution is 2.20. The normalized spacial score (nSPS) is 21.8. The number of methoxy groups -OCH3 is 1. The Morgan fingerprint density at radius 3 is 1.73 bits per heavy atom. The quantitative estimate of drug-likeness (QED) is 0.403. The molecule has 92 valence electrons. The third-order valence-corrected chi connectivity index (χ3v) is 2.81. The summed E-state index contributed by atoms with van der Waals surface area (Å²) >= 11 is 0. The molecule has 1 rings (SSSR count). The average molecular weight is 231 g/mol. The summed E-state index contributed by atoms with van der Waals surface area (Å²) in [7, 11) is -1.92. The van der Waals surface area contributed by atoms with Gasteiger partial charge in [0.05, 0.1) is 20.1 Å². The van der Waals surface area contributed by atoms with Crippen LogP contribution in [0.5, 0.6) is 0 Å². The fourth-order valence-electron chi connectivity index (χ4n) is 1.68. The van der Waals surface area contributed by atoms with Crippen molar-refractivity contribution in [1.29, 1.82) is 0 Å². The molecule has 0 aromatic carbocycles. The first-order chi connectivity index (χ1) is 6.69. The van der Waals surface area contributed by atoms with E-state index >= 15 is 0 Å². The lowest BCUT2D eigenvalue weighted by Gasteiger charge is -2.34. The van der Waals surface area contributed by atoms with Crippen molar-refractivity contribution in [1.82, 2.24) is 0 Å². The number of ether oxygens (including phenoxy) is 1. The van der Waals surface area contributed by atoms with Gasteiger partial charge in [0.15, 0.2) is 6.23 Å². The van der Waals surface area contributed by atoms with Gasteiger partial charge in [0.1, 0.15) is 0 Å². The molecule has 1 fully saturated rings. The molecule has 0 amide bonds. The average Bonchev–Trinajstić information content (AvgIpc) is 2.49. The van der Waals surface area contributed by atoms with Crippen molar-refractivity contribution in [3.8, 4) is 0 Å². The third kappa shape index (κ3) is 6.73. The second-order valence-electron chi connectivity index (χ2n) is 3.96. The van der Waals surface area contributed by atoms with Crippen LogP contribution in [0.15, 0.2) is 0 Å². The van der Waals surface area contributed by atoms with Gasteiger partial charge in [-0.15, -0.1) is 0 Å². The molecule has 0 N–H and O–H groups in total. The van der Waals surface area contributed by atoms with Gasteiger partial charge < -0.3 is 26.5 Å². The van der Waals surface area contributed by atoms with Gasteiger partial charge in [0.2, 0.25) is 0 Å². The van der Waals surface area contributed by atoms with Crippen molar-refractivity contribution < 1.29 is 26.5 Å². The summed E-state index contributed by atoms with van der Waals surface area (Å²) in [5.41, 5.74) is 0. The van der Waals surface area contributed by atoms with Gasteiger partial charge >= 0.3 is 7.25 Å². The van der Waals surface area contributed by atoms with E-state index in [9.17, 15) is 17.3 Å². The van der Waals surface area contributed by atoms with E-state index in [1.165, 1.54) is 25.9 Å². The Balaban J connectivity index is 0.000000336. The smallest absolute Gasteiger partial charge is 0.418 e. The number of quaternary nitrogens is 1. The van der Waals surface area contributed by atoms with E-state index < -0.39 is 7.25 Å². The Kier molecular flexibility index (Phi) is 5.59. The van der Waals surface area contributed by atoms with E-state index in [4.69, 9.17) is 4.74 Å². The minimum atomic E-state index is -6.00. The number of hydrogen-bond donors (Lipinski definition) is 0. The number of hydrogen-bond acceptors (Lipinski definition) is 1. The molecule has 7 heteroatoms. The predicted molar refractivity (Wildman–Crippen MR) is 51.8 cm³/mol. The lowest BCUT2D eigenvalue weighted by Crippen LogP contribution is -2.49. The fourth-order valence-corrected chi connectivity index (χ4v) is 1.68. The Bertz CT molecular complexity index is 176. The molecule has 0 radical (unpaired) electrons. The highest BCUT2D eigenvalue weighted by Gasteiger charge is 2.32. The summed E-state index contributed by atoms with van der Waals surface area (Å²) in [5, 5.41) is 0. The molecule has 1 atom stereocenters. The summed E-state index contributed by atoms with van der Waals surface area (Å²) in [5.74, 6) is 0. The maximum absolute atomic E-state index is 9.75. The lowest BCUT2D eigenvalue weighted by molar-refractivity contribution is -0.941. The van der Waals surface area contributed by atoms with Gasteiger partial charge in [-0.1, -0.05) is 0 Å². The van der Waals surface area contributed by atoms with E-state index in [0.717, 1.165) is 4.48 Å². The minimum Gasteiger partial charge on any atom is -0.418 e. The van der Waals surface area contributed by atoms with Crippen LogP contribution >= 0.6 is 0 Å². The fraction of sp³-hybridized carbons (Fsp3) is 1.00. The van der Waals surface area contributed by atoms with Gasteiger partial charge in [0.25, 0.3) is 0 Å². The van der Waals surface area contributed by atoms with Crippen molar-refractivity contribution >= 4 is 7.25 Å². The van der Waals surface area contributed by atoms with E-state index in [2.05, 4.69) is 14.0 Å². The van der Waals surface area contributed by atoms with E-state index in [1.807, 2.05) is 0 Å². The molecular weight excluding hydrogens is 213 g/mol. The second kappa shape index (κ2) is 5.70. The SMILES string of the molecule is COC(C)[N+]1(C)CCCC1.F[B-](F)(F)F. The second-order valence-corrected chi connectivity index (χ2v) is 3.96. The maximum atomic E-state index is 9.75. The maximum Gasteiger partial charge on any atom is 0.673 e. The van der Waals surface area contributed by atoms with Crippen LogP contribution in [0.1, 0.15) is 19.8 Å². The van der Waals surface area contributed by atoms with Gasteiger partial charge in [-0.05, 0) is 0 Å². The molecule has 1 aliphatic rings. The number of likely N-dealkylation sites (tertiary alicyclic amines) is 1. The monoisotopic (exact) mass is 231 g/mol. The van der Waals surface area contributed by atoms with Gasteiger partial charge in [-0.25, -0.2) is 0 Å². The molecule has 1 saturated heterocycles. The summed E-state index contributed by atoms with van der Waals surface area (Å²) in [6.45, 7) is 4.73. The van der Waals surface area contributed by atoms with Crippen LogP contribution < -0.4 is 0 Å². The Morgan fingerprint density at radius 2 is 1.47 bits per heavy atom. The number of halogens is 4. The van der Waals surface area contributed by atoms with E-state index in [1.54, 1.807) is 7.11 Å². The van der Waals surface area contributed by atoms with Gasteiger partial charge in [-0.3, -0.25) is 0 Å². The van der Waals surface area contributed by atoms with Crippen LogP contribution in [0.25, 0.3) is 0 Å². The first-order valence-electron chi connectivity index (χ1n) is 4.93. The van der Waals surface area contributed by atoms with Crippen molar-refractivity contribution in [3.05, 3.63) is 0 Å². The first kappa shape index (κ1) is 14.7. The summed E-state index contributed by atoms with van der Waals surface area (Å²) in [6, 6.07) is 0. The Hall–Kier alpha value is -0.295. The molecule has 1 unspecified atom stereocenters. The van der Waals surface area contributed by atoms with Gasteiger partial charge in [-0.2, -0.15) is 0 Å². The molecule has 0 aliphatic carbocycles. The Labute approximate surface area is 87.9 Å². The van der Waals surface area contributed by atoms with Crippen LogP contribution in [-0.4, -0.2) is 45.2 Å². The zero-order valence-electron chi connectivity index (χ0n) is 9.35. The van der Waals surface area contributed by atoms with Crippen LogP contribution in [0.2, 0.25) is 0 Å². The standard InChI is InChI=1S/C8H18NO.BF4/c1-8(10-3)9(2)6-4-5-7-9;2-1(3,4)5/h8H,4-7H2,1-3H3;/q+1;-1. The molecule has 0 spiro atoms. The predicted octanol–water partition coefficient (Wildman–Crippen LogP) is 2.52. The molecule has 1 heterocycles. The Morgan fingerprint density at radius 1 is 1.13 bits per heavy atom. The molecule has 0 saturated carbocycles. The highest BCUT2D eigenvalue weighted by molar-refractivity contribution is 6.50. The molecule has 1 aliphatic heterocycles. The molecule has 0 bridgehead atoms.